The van der Waals surface area contributed by atoms with E-state index in [1.54, 1.807) is 12.1 Å². The summed E-state index contributed by atoms with van der Waals surface area (Å²) in [5, 5.41) is 6.70. The van der Waals surface area contributed by atoms with Crippen LogP contribution in [0.2, 0.25) is 0 Å². The monoisotopic (exact) mass is 521 g/mol. The fourth-order valence-corrected chi connectivity index (χ4v) is 4.00. The molecule has 1 heterocycles. The van der Waals surface area contributed by atoms with Crippen LogP contribution in [0.4, 0.5) is 23.4 Å². The van der Waals surface area contributed by atoms with Gasteiger partial charge < -0.3 is 21.5 Å². The van der Waals surface area contributed by atoms with Crippen LogP contribution in [-0.2, 0) is 6.54 Å². The zero-order chi connectivity index (χ0) is 27.7. The average molecular weight is 522 g/mol. The summed E-state index contributed by atoms with van der Waals surface area (Å²) in [7, 11) is 1.36. The number of nitrogens with zero attached hydrogens (tertiary/aromatic N) is 2. The van der Waals surface area contributed by atoms with Gasteiger partial charge in [0.25, 0.3) is 11.8 Å². The minimum absolute atomic E-state index is 0.0179. The minimum Gasteiger partial charge on any atom is -0.496 e. The third kappa shape index (κ3) is 5.84. The quantitative estimate of drug-likeness (QED) is 0.396. The Labute approximate surface area is 210 Å². The third-order valence-electron chi connectivity index (χ3n) is 5.66. The van der Waals surface area contributed by atoms with E-state index >= 15 is 0 Å². The molecule has 37 heavy (non-hydrogen) atoms. The van der Waals surface area contributed by atoms with Crippen LogP contribution in [0.5, 0.6) is 5.75 Å². The van der Waals surface area contributed by atoms with E-state index in [1.807, 2.05) is 0 Å². The predicted octanol–water partition coefficient (Wildman–Crippen LogP) is 4.46. The number of aromatic nitrogens is 2. The molecule has 3 rings (SSSR count). The molecular weight excluding hydrogens is 494 g/mol. The van der Waals surface area contributed by atoms with Crippen molar-refractivity contribution in [3.05, 3.63) is 65.0 Å². The number of halogens is 4. The van der Waals surface area contributed by atoms with Crippen LogP contribution in [0, 0.1) is 11.2 Å². The van der Waals surface area contributed by atoms with Gasteiger partial charge in [-0.25, -0.2) is 9.07 Å². The highest BCUT2D eigenvalue weighted by Crippen LogP contribution is 2.45. The van der Waals surface area contributed by atoms with Gasteiger partial charge in [0.05, 0.1) is 12.7 Å². The largest absolute Gasteiger partial charge is 0.496 e. The van der Waals surface area contributed by atoms with Gasteiger partial charge in [0.2, 0.25) is 0 Å². The van der Waals surface area contributed by atoms with Crippen LogP contribution in [-0.4, -0.2) is 34.9 Å². The molecule has 2 aromatic carbocycles. The Morgan fingerprint density at radius 3 is 2.24 bits per heavy atom. The van der Waals surface area contributed by atoms with Crippen LogP contribution < -0.4 is 21.5 Å². The van der Waals surface area contributed by atoms with Gasteiger partial charge in [-0.1, -0.05) is 45.0 Å². The summed E-state index contributed by atoms with van der Waals surface area (Å²) in [5.74, 6) is -2.47. The number of rotatable bonds is 7. The molecule has 1 aromatic heterocycles. The number of nitrogens with two attached hydrogens (primary N) is 2. The highest BCUT2D eigenvalue weighted by molar-refractivity contribution is 6.03. The second-order valence-electron chi connectivity index (χ2n) is 9.45. The molecule has 0 fully saturated rings. The van der Waals surface area contributed by atoms with Crippen LogP contribution in [0.1, 0.15) is 53.1 Å². The molecule has 1 unspecified atom stereocenters. The zero-order valence-corrected chi connectivity index (χ0v) is 20.6. The van der Waals surface area contributed by atoms with Gasteiger partial charge in [-0.15, -0.1) is 0 Å². The Kier molecular flexibility index (Phi) is 7.51. The predicted molar refractivity (Wildman–Crippen MR) is 129 cm³/mol. The fraction of sp³-hybridized carbons (Fsp3) is 0.320. The Hall–Kier alpha value is -4.09. The summed E-state index contributed by atoms with van der Waals surface area (Å²) >= 11 is 0. The summed E-state index contributed by atoms with van der Waals surface area (Å²) in [6, 6.07) is 7.65. The first kappa shape index (κ1) is 27.5. The number of ether oxygens (including phenoxy) is 1. The van der Waals surface area contributed by atoms with Crippen molar-refractivity contribution in [2.75, 3.05) is 12.8 Å². The number of benzene rings is 2. The second kappa shape index (κ2) is 10.1. The molecule has 198 valence electrons. The molecular formula is C25H27F4N5O3. The molecule has 0 radical (unpaired) electrons. The maximum atomic E-state index is 13.9. The van der Waals surface area contributed by atoms with Crippen molar-refractivity contribution < 1.29 is 31.9 Å². The van der Waals surface area contributed by atoms with Crippen LogP contribution in [0.15, 0.2) is 42.5 Å². The molecule has 0 bridgehead atoms. The number of alkyl halides is 3. The van der Waals surface area contributed by atoms with E-state index in [4.69, 9.17) is 16.2 Å². The normalized spacial score (nSPS) is 12.8. The van der Waals surface area contributed by atoms with Gasteiger partial charge in [-0.05, 0) is 29.2 Å². The Bertz CT molecular complexity index is 1300. The molecule has 3 aromatic rings. The van der Waals surface area contributed by atoms with Crippen molar-refractivity contribution in [3.8, 4) is 17.0 Å². The lowest BCUT2D eigenvalue weighted by Crippen LogP contribution is -2.38. The molecule has 0 saturated carbocycles. The van der Waals surface area contributed by atoms with E-state index < -0.39 is 41.1 Å². The number of carbonyl (C=O) groups excluding carboxylic acids is 2. The number of anilines is 1. The van der Waals surface area contributed by atoms with E-state index in [0.29, 0.717) is 15.8 Å². The smallest absolute Gasteiger partial charge is 0.411 e. The maximum absolute atomic E-state index is 13.9. The van der Waals surface area contributed by atoms with Crippen molar-refractivity contribution in [1.29, 1.82) is 0 Å². The van der Waals surface area contributed by atoms with Crippen molar-refractivity contribution in [2.24, 2.45) is 11.1 Å². The van der Waals surface area contributed by atoms with Crippen molar-refractivity contribution >= 4 is 17.6 Å². The third-order valence-corrected chi connectivity index (χ3v) is 5.66. The molecule has 0 aliphatic heterocycles. The van der Waals surface area contributed by atoms with Gasteiger partial charge in [0.1, 0.15) is 28.6 Å². The summed E-state index contributed by atoms with van der Waals surface area (Å²) in [4.78, 5) is 24.6. The standard InChI is InChI=1S/C25H27F4N5O3/c1-24(2,3)23(25(27,28)29)34-20(30)18(21(31)35)19(33-34)14-7-5-13(6-8-14)12-32-22(36)16-11-15(26)9-10-17(16)37-4/h5-11,23H,12,30H2,1-4H3,(H2,31,35)(H,32,36). The van der Waals surface area contributed by atoms with E-state index in [-0.39, 0.29) is 29.1 Å². The Morgan fingerprint density at radius 1 is 1.11 bits per heavy atom. The molecule has 0 aliphatic carbocycles. The number of nitrogen functional groups attached to an aromatic ring is 1. The van der Waals surface area contributed by atoms with Gasteiger partial charge in [-0.2, -0.15) is 18.3 Å². The number of primary amides is 1. The summed E-state index contributed by atoms with van der Waals surface area (Å²) in [6.45, 7) is 4.22. The SMILES string of the molecule is COc1ccc(F)cc1C(=O)NCc1ccc(-c2nn(C(C(C)(C)C)C(F)(F)F)c(N)c2C(N)=O)cc1. The highest BCUT2D eigenvalue weighted by atomic mass is 19.4. The first-order chi connectivity index (χ1) is 17.1. The number of hydrogen-bond acceptors (Lipinski definition) is 5. The van der Waals surface area contributed by atoms with Crippen LogP contribution in [0.25, 0.3) is 11.3 Å². The lowest BCUT2D eigenvalue weighted by molar-refractivity contribution is -0.194. The molecule has 12 heteroatoms. The van der Waals surface area contributed by atoms with Crippen LogP contribution in [0.3, 0.4) is 0 Å². The number of methoxy groups -OCH3 is 1. The zero-order valence-electron chi connectivity index (χ0n) is 20.6. The van der Waals surface area contributed by atoms with E-state index in [0.717, 1.165) is 6.07 Å². The Balaban J connectivity index is 1.90. The van der Waals surface area contributed by atoms with Gasteiger partial charge in [-0.3, -0.25) is 9.59 Å². The number of hydrogen-bond donors (Lipinski definition) is 3. The van der Waals surface area contributed by atoms with Crippen LogP contribution >= 0.6 is 0 Å². The molecule has 8 nitrogen and oxygen atoms in total. The summed E-state index contributed by atoms with van der Waals surface area (Å²) in [6.07, 6.45) is -4.70. The molecule has 0 aliphatic rings. The van der Waals surface area contributed by atoms with Crippen molar-refractivity contribution in [3.63, 3.8) is 0 Å². The van der Waals surface area contributed by atoms with E-state index in [9.17, 15) is 27.2 Å². The second-order valence-corrected chi connectivity index (χ2v) is 9.45. The number of carbonyl (C=O) groups is 2. The van der Waals surface area contributed by atoms with Gasteiger partial charge in [0.15, 0.2) is 6.04 Å². The van der Waals surface area contributed by atoms with E-state index in [2.05, 4.69) is 10.4 Å². The number of nitrogens with one attached hydrogen (secondary N) is 1. The summed E-state index contributed by atoms with van der Waals surface area (Å²) in [5.41, 5.74) is 10.6. The first-order valence-corrected chi connectivity index (χ1v) is 11.1. The topological polar surface area (TPSA) is 125 Å². The fourth-order valence-electron chi connectivity index (χ4n) is 4.00. The van der Waals surface area contributed by atoms with E-state index in [1.165, 1.54) is 52.1 Å². The molecule has 1 atom stereocenters. The highest BCUT2D eigenvalue weighted by Gasteiger charge is 2.50. The van der Waals surface area contributed by atoms with Gasteiger partial charge >= 0.3 is 6.18 Å². The molecule has 2 amide bonds. The maximum Gasteiger partial charge on any atom is 0.411 e. The minimum atomic E-state index is -4.70. The molecule has 0 spiro atoms. The lowest BCUT2D eigenvalue weighted by atomic mass is 9.86. The Morgan fingerprint density at radius 2 is 1.73 bits per heavy atom. The lowest BCUT2D eigenvalue weighted by Gasteiger charge is -2.33. The molecule has 5 N–H and O–H groups in total. The van der Waals surface area contributed by atoms with Gasteiger partial charge in [0, 0.05) is 12.1 Å². The van der Waals surface area contributed by atoms with Crippen molar-refractivity contribution in [2.45, 2.75) is 39.5 Å². The summed E-state index contributed by atoms with van der Waals surface area (Å²) < 4.78 is 61.0. The first-order valence-electron chi connectivity index (χ1n) is 11.1. The average Bonchev–Trinajstić information content (AvgIpc) is 3.12. The molecule has 0 saturated heterocycles. The number of amides is 2. The van der Waals surface area contributed by atoms with Crippen molar-refractivity contribution in [1.82, 2.24) is 15.1 Å².